The molecule has 2 heteroatoms. The van der Waals surface area contributed by atoms with Gasteiger partial charge in [-0.3, -0.25) is 0 Å². The molecule has 1 aromatic rings. The molecule has 0 radical (unpaired) electrons. The lowest BCUT2D eigenvalue weighted by Gasteiger charge is -2.33. The molecule has 0 saturated carbocycles. The van der Waals surface area contributed by atoms with Crippen molar-refractivity contribution in [3.63, 3.8) is 0 Å². The van der Waals surface area contributed by atoms with Gasteiger partial charge in [0.25, 0.3) is 0 Å². The van der Waals surface area contributed by atoms with Crippen molar-refractivity contribution in [1.29, 1.82) is 0 Å². The van der Waals surface area contributed by atoms with Crippen LogP contribution in [0.25, 0.3) is 0 Å². The van der Waals surface area contributed by atoms with Crippen LogP contribution >= 0.6 is 12.4 Å². The van der Waals surface area contributed by atoms with Crippen molar-refractivity contribution in [2.45, 2.75) is 19.4 Å². The summed E-state index contributed by atoms with van der Waals surface area (Å²) in [7, 11) is 4.21. The standard InChI is InChI=1S/C11H17N.ClH/c1-11(2,12(3)4)10-8-6-5-7-9-10;/h5-9H,1-4H3;1H. The molecule has 0 spiro atoms. The fourth-order valence-electron chi connectivity index (χ4n) is 1.10. The van der Waals surface area contributed by atoms with Crippen molar-refractivity contribution < 1.29 is 0 Å². The van der Waals surface area contributed by atoms with E-state index in [2.05, 4.69) is 63.2 Å². The molecule has 0 aliphatic carbocycles. The van der Waals surface area contributed by atoms with Gasteiger partial charge in [0.15, 0.2) is 0 Å². The van der Waals surface area contributed by atoms with Crippen molar-refractivity contribution >= 4 is 12.4 Å². The van der Waals surface area contributed by atoms with Gasteiger partial charge in [-0.05, 0) is 33.5 Å². The van der Waals surface area contributed by atoms with Crippen LogP contribution in [0.2, 0.25) is 0 Å². The van der Waals surface area contributed by atoms with Crippen LogP contribution in [0.5, 0.6) is 0 Å². The van der Waals surface area contributed by atoms with Crippen molar-refractivity contribution in [1.82, 2.24) is 4.90 Å². The first-order valence-corrected chi connectivity index (χ1v) is 4.28. The maximum atomic E-state index is 2.22. The van der Waals surface area contributed by atoms with E-state index in [-0.39, 0.29) is 17.9 Å². The molecule has 0 atom stereocenters. The van der Waals surface area contributed by atoms with Crippen LogP contribution in [0.4, 0.5) is 0 Å². The second-order valence-corrected chi connectivity index (χ2v) is 3.82. The Morgan fingerprint density at radius 3 is 1.85 bits per heavy atom. The van der Waals surface area contributed by atoms with Gasteiger partial charge in [-0.2, -0.15) is 0 Å². The molecular formula is C11H18ClN. The molecule has 13 heavy (non-hydrogen) atoms. The molecule has 0 heterocycles. The molecule has 1 rings (SSSR count). The van der Waals surface area contributed by atoms with Crippen molar-refractivity contribution in [3.8, 4) is 0 Å². The van der Waals surface area contributed by atoms with Crippen molar-refractivity contribution in [3.05, 3.63) is 35.9 Å². The van der Waals surface area contributed by atoms with Gasteiger partial charge < -0.3 is 4.90 Å². The molecule has 0 N–H and O–H groups in total. The van der Waals surface area contributed by atoms with Crippen LogP contribution in [0, 0.1) is 0 Å². The maximum Gasteiger partial charge on any atom is 0.0398 e. The van der Waals surface area contributed by atoms with Gasteiger partial charge in [-0.25, -0.2) is 0 Å². The van der Waals surface area contributed by atoms with Crippen LogP contribution in [0.3, 0.4) is 0 Å². The van der Waals surface area contributed by atoms with E-state index < -0.39 is 0 Å². The summed E-state index contributed by atoms with van der Waals surface area (Å²) in [6.07, 6.45) is 0. The fraction of sp³-hybridized carbons (Fsp3) is 0.455. The minimum atomic E-state index is 0. The van der Waals surface area contributed by atoms with Gasteiger partial charge in [0.1, 0.15) is 0 Å². The van der Waals surface area contributed by atoms with Gasteiger partial charge in [-0.15, -0.1) is 12.4 Å². The first-order valence-electron chi connectivity index (χ1n) is 4.28. The third kappa shape index (κ3) is 2.71. The molecule has 0 unspecified atom stereocenters. The lowest BCUT2D eigenvalue weighted by Crippen LogP contribution is -2.35. The lowest BCUT2D eigenvalue weighted by molar-refractivity contribution is 0.198. The molecule has 0 fully saturated rings. The Labute approximate surface area is 87.2 Å². The van der Waals surface area contributed by atoms with E-state index in [1.54, 1.807) is 0 Å². The molecule has 0 aliphatic heterocycles. The SMILES string of the molecule is CN(C)C(C)(C)c1ccccc1.Cl. The van der Waals surface area contributed by atoms with Crippen LogP contribution in [0.15, 0.2) is 30.3 Å². The summed E-state index contributed by atoms with van der Waals surface area (Å²) in [6, 6.07) is 10.6. The highest BCUT2D eigenvalue weighted by atomic mass is 35.5. The molecule has 74 valence electrons. The maximum absolute atomic E-state index is 2.22. The van der Waals surface area contributed by atoms with E-state index in [0.717, 1.165) is 0 Å². The van der Waals surface area contributed by atoms with E-state index in [9.17, 15) is 0 Å². The van der Waals surface area contributed by atoms with Gasteiger partial charge in [0.05, 0.1) is 0 Å². The average molecular weight is 200 g/mol. The molecule has 0 saturated heterocycles. The Morgan fingerprint density at radius 2 is 1.46 bits per heavy atom. The number of benzene rings is 1. The highest BCUT2D eigenvalue weighted by Crippen LogP contribution is 2.24. The normalized spacial score (nSPS) is 11.2. The van der Waals surface area contributed by atoms with Gasteiger partial charge in [-0.1, -0.05) is 30.3 Å². The second-order valence-electron chi connectivity index (χ2n) is 3.82. The predicted octanol–water partition coefficient (Wildman–Crippen LogP) is 2.91. The zero-order valence-electron chi connectivity index (χ0n) is 8.74. The van der Waals surface area contributed by atoms with Gasteiger partial charge in [0.2, 0.25) is 0 Å². The largest absolute Gasteiger partial charge is 0.300 e. The molecule has 0 bridgehead atoms. The Balaban J connectivity index is 0.00000144. The van der Waals surface area contributed by atoms with Crippen molar-refractivity contribution in [2.24, 2.45) is 0 Å². The van der Waals surface area contributed by atoms with E-state index in [1.807, 2.05) is 0 Å². The second kappa shape index (κ2) is 4.64. The van der Waals surface area contributed by atoms with E-state index in [1.165, 1.54) is 5.56 Å². The van der Waals surface area contributed by atoms with E-state index in [4.69, 9.17) is 0 Å². The Hall–Kier alpha value is -0.530. The third-order valence-corrected chi connectivity index (χ3v) is 2.60. The zero-order chi connectivity index (χ0) is 9.19. The molecule has 1 aromatic carbocycles. The van der Waals surface area contributed by atoms with E-state index >= 15 is 0 Å². The lowest BCUT2D eigenvalue weighted by atomic mass is 9.93. The highest BCUT2D eigenvalue weighted by molar-refractivity contribution is 5.85. The van der Waals surface area contributed by atoms with Crippen molar-refractivity contribution in [2.75, 3.05) is 14.1 Å². The van der Waals surface area contributed by atoms with Crippen LogP contribution in [-0.4, -0.2) is 19.0 Å². The summed E-state index contributed by atoms with van der Waals surface area (Å²) in [6.45, 7) is 4.45. The monoisotopic (exact) mass is 199 g/mol. The third-order valence-electron chi connectivity index (χ3n) is 2.60. The van der Waals surface area contributed by atoms with Crippen LogP contribution in [-0.2, 0) is 5.54 Å². The minimum Gasteiger partial charge on any atom is -0.300 e. The highest BCUT2D eigenvalue weighted by Gasteiger charge is 2.21. The summed E-state index contributed by atoms with van der Waals surface area (Å²) in [5, 5.41) is 0. The summed E-state index contributed by atoms with van der Waals surface area (Å²) >= 11 is 0. The molecule has 0 aromatic heterocycles. The zero-order valence-corrected chi connectivity index (χ0v) is 9.56. The van der Waals surface area contributed by atoms with Gasteiger partial charge in [0, 0.05) is 5.54 Å². The number of hydrogen-bond acceptors (Lipinski definition) is 1. The summed E-state index contributed by atoms with van der Waals surface area (Å²) in [5.74, 6) is 0. The molecule has 0 amide bonds. The fourth-order valence-corrected chi connectivity index (χ4v) is 1.10. The molecule has 1 nitrogen and oxygen atoms in total. The number of halogens is 1. The molecular weight excluding hydrogens is 182 g/mol. The number of rotatable bonds is 2. The summed E-state index contributed by atoms with van der Waals surface area (Å²) < 4.78 is 0. The Morgan fingerprint density at radius 1 is 1.00 bits per heavy atom. The topological polar surface area (TPSA) is 3.24 Å². The first kappa shape index (κ1) is 12.5. The van der Waals surface area contributed by atoms with Crippen LogP contribution in [0.1, 0.15) is 19.4 Å². The Bertz CT molecular complexity index is 242. The average Bonchev–Trinajstić information content (AvgIpc) is 2.06. The minimum absolute atomic E-state index is 0. The summed E-state index contributed by atoms with van der Waals surface area (Å²) in [5.41, 5.74) is 1.48. The quantitative estimate of drug-likeness (QED) is 0.708. The number of hydrogen-bond donors (Lipinski definition) is 0. The Kier molecular flexibility index (Phi) is 4.45. The smallest absolute Gasteiger partial charge is 0.0398 e. The summed E-state index contributed by atoms with van der Waals surface area (Å²) in [4.78, 5) is 2.22. The number of nitrogens with zero attached hydrogens (tertiary/aromatic N) is 1. The van der Waals surface area contributed by atoms with E-state index in [0.29, 0.717) is 0 Å². The predicted molar refractivity (Wildman–Crippen MR) is 60.4 cm³/mol. The molecule has 0 aliphatic rings. The first-order chi connectivity index (χ1) is 5.55. The van der Waals surface area contributed by atoms with Crippen LogP contribution < -0.4 is 0 Å². The van der Waals surface area contributed by atoms with Gasteiger partial charge >= 0.3 is 0 Å².